The van der Waals surface area contributed by atoms with Gasteiger partial charge in [-0.05, 0) is 76.4 Å². The maximum absolute atomic E-state index is 6.21. The molecule has 1 atom stereocenters. The van der Waals surface area contributed by atoms with Gasteiger partial charge in [0, 0.05) is 12.0 Å². The predicted molar refractivity (Wildman–Crippen MR) is 176 cm³/mol. The number of allylic oxidation sites excluding steroid dienone is 1. The molecule has 0 radical (unpaired) electrons. The first kappa shape index (κ1) is 27.7. The molecular formula is C38H39N3O. The van der Waals surface area contributed by atoms with Crippen molar-refractivity contribution < 1.29 is 4.42 Å². The normalized spacial score (nSPS) is 16.0. The van der Waals surface area contributed by atoms with Gasteiger partial charge in [-0.2, -0.15) is 5.10 Å². The fraction of sp³-hybridized carbons (Fsp3) is 0.263. The lowest BCUT2D eigenvalue weighted by molar-refractivity contribution is 0.284. The van der Waals surface area contributed by atoms with Crippen LogP contribution in [-0.4, -0.2) is 10.7 Å². The van der Waals surface area contributed by atoms with Crippen LogP contribution in [0.1, 0.15) is 70.2 Å². The van der Waals surface area contributed by atoms with Gasteiger partial charge in [0.25, 0.3) is 0 Å². The zero-order valence-electron chi connectivity index (χ0n) is 25.2. The van der Waals surface area contributed by atoms with Crippen LogP contribution in [0.3, 0.4) is 0 Å². The molecule has 4 heteroatoms. The van der Waals surface area contributed by atoms with Crippen molar-refractivity contribution >= 4 is 28.6 Å². The number of rotatable bonds is 7. The van der Waals surface area contributed by atoms with Crippen LogP contribution in [0.5, 0.6) is 0 Å². The van der Waals surface area contributed by atoms with Gasteiger partial charge >= 0.3 is 0 Å². The molecular weight excluding hydrogens is 514 g/mol. The van der Waals surface area contributed by atoms with Gasteiger partial charge in [-0.1, -0.05) is 107 Å². The summed E-state index contributed by atoms with van der Waals surface area (Å²) in [6.45, 7) is 11.5. The summed E-state index contributed by atoms with van der Waals surface area (Å²) in [7, 11) is 0. The largest absolute Gasteiger partial charge is 0.436 e. The number of benzene rings is 4. The number of nitrogens with zero attached hydrogens (tertiary/aromatic N) is 3. The lowest BCUT2D eigenvalue weighted by Gasteiger charge is -2.32. The second-order valence-corrected chi connectivity index (χ2v) is 13.2. The van der Waals surface area contributed by atoms with E-state index < -0.39 is 0 Å². The SMILES string of the molecule is CC(C)(C)CC(C)(C)c1ccc2oc(-c3ccc(N4N=C(C=Cc5ccccc5)CC4c4ccccc4)cc3)nc2c1. The van der Waals surface area contributed by atoms with Gasteiger partial charge < -0.3 is 4.42 Å². The van der Waals surface area contributed by atoms with Crippen molar-refractivity contribution in [1.82, 2.24) is 4.98 Å². The van der Waals surface area contributed by atoms with Gasteiger partial charge in [-0.15, -0.1) is 0 Å². The summed E-state index contributed by atoms with van der Waals surface area (Å²) in [5.74, 6) is 0.637. The smallest absolute Gasteiger partial charge is 0.227 e. The second kappa shape index (κ2) is 11.1. The number of hydrogen-bond donors (Lipinski definition) is 0. The molecule has 212 valence electrons. The van der Waals surface area contributed by atoms with E-state index >= 15 is 0 Å². The Bertz CT molecular complexity index is 1720. The van der Waals surface area contributed by atoms with E-state index in [2.05, 4.69) is 149 Å². The number of hydrogen-bond acceptors (Lipinski definition) is 4. The average molecular weight is 554 g/mol. The van der Waals surface area contributed by atoms with Crippen LogP contribution in [0, 0.1) is 5.41 Å². The van der Waals surface area contributed by atoms with E-state index in [4.69, 9.17) is 14.5 Å². The third-order valence-corrected chi connectivity index (χ3v) is 7.91. The summed E-state index contributed by atoms with van der Waals surface area (Å²) >= 11 is 0. The van der Waals surface area contributed by atoms with E-state index in [0.29, 0.717) is 5.89 Å². The van der Waals surface area contributed by atoms with Gasteiger partial charge in [0.1, 0.15) is 5.52 Å². The van der Waals surface area contributed by atoms with Crippen molar-refractivity contribution in [2.45, 2.75) is 58.9 Å². The predicted octanol–water partition coefficient (Wildman–Crippen LogP) is 10.2. The van der Waals surface area contributed by atoms with Crippen LogP contribution in [0.2, 0.25) is 0 Å². The first-order valence-electron chi connectivity index (χ1n) is 14.8. The fourth-order valence-electron chi connectivity index (χ4n) is 6.22. The fourth-order valence-corrected chi connectivity index (χ4v) is 6.22. The molecule has 0 spiro atoms. The minimum Gasteiger partial charge on any atom is -0.436 e. The molecule has 6 rings (SSSR count). The van der Waals surface area contributed by atoms with Gasteiger partial charge in [-0.3, -0.25) is 5.01 Å². The van der Waals surface area contributed by atoms with Crippen LogP contribution in [0.4, 0.5) is 5.69 Å². The Morgan fingerprint density at radius 3 is 2.19 bits per heavy atom. The molecule has 1 aromatic heterocycles. The van der Waals surface area contributed by atoms with Crippen LogP contribution in [-0.2, 0) is 5.41 Å². The Morgan fingerprint density at radius 1 is 0.810 bits per heavy atom. The Balaban J connectivity index is 1.27. The highest BCUT2D eigenvalue weighted by Crippen LogP contribution is 2.39. The monoisotopic (exact) mass is 553 g/mol. The van der Waals surface area contributed by atoms with Crippen molar-refractivity contribution in [1.29, 1.82) is 0 Å². The summed E-state index contributed by atoms with van der Waals surface area (Å²) in [4.78, 5) is 4.89. The Labute approximate surface area is 249 Å². The number of oxazole rings is 1. The summed E-state index contributed by atoms with van der Waals surface area (Å²) < 4.78 is 6.21. The molecule has 2 heterocycles. The van der Waals surface area contributed by atoms with E-state index in [0.717, 1.165) is 40.9 Å². The third kappa shape index (κ3) is 6.08. The topological polar surface area (TPSA) is 41.6 Å². The molecule has 0 fully saturated rings. The highest BCUT2D eigenvalue weighted by molar-refractivity contribution is 6.01. The lowest BCUT2D eigenvalue weighted by atomic mass is 9.72. The maximum atomic E-state index is 6.21. The van der Waals surface area contributed by atoms with Crippen LogP contribution >= 0.6 is 0 Å². The number of aromatic nitrogens is 1. The zero-order chi connectivity index (χ0) is 29.3. The molecule has 0 aliphatic carbocycles. The van der Waals surface area contributed by atoms with Crippen molar-refractivity contribution in [2.75, 3.05) is 5.01 Å². The van der Waals surface area contributed by atoms with E-state index in [9.17, 15) is 0 Å². The Morgan fingerprint density at radius 2 is 1.50 bits per heavy atom. The van der Waals surface area contributed by atoms with Crippen molar-refractivity contribution in [3.05, 3.63) is 126 Å². The molecule has 5 aromatic rings. The molecule has 0 N–H and O–H groups in total. The molecule has 1 aliphatic heterocycles. The van der Waals surface area contributed by atoms with Gasteiger partial charge in [-0.25, -0.2) is 4.98 Å². The van der Waals surface area contributed by atoms with Crippen molar-refractivity contribution in [3.8, 4) is 11.5 Å². The van der Waals surface area contributed by atoms with E-state index in [-0.39, 0.29) is 16.9 Å². The van der Waals surface area contributed by atoms with E-state index in [1.54, 1.807) is 0 Å². The summed E-state index contributed by atoms with van der Waals surface area (Å²) in [5.41, 5.74) is 8.76. The molecule has 1 aliphatic rings. The van der Waals surface area contributed by atoms with Crippen LogP contribution in [0.25, 0.3) is 28.6 Å². The zero-order valence-corrected chi connectivity index (χ0v) is 25.2. The molecule has 0 saturated carbocycles. The first-order valence-corrected chi connectivity index (χ1v) is 14.8. The maximum Gasteiger partial charge on any atom is 0.227 e. The second-order valence-electron chi connectivity index (χ2n) is 13.2. The van der Waals surface area contributed by atoms with E-state index in [1.807, 2.05) is 6.07 Å². The summed E-state index contributed by atoms with van der Waals surface area (Å²) in [6.07, 6.45) is 6.20. The van der Waals surface area contributed by atoms with Crippen LogP contribution < -0.4 is 5.01 Å². The summed E-state index contributed by atoms with van der Waals surface area (Å²) in [6, 6.07) is 35.9. The van der Waals surface area contributed by atoms with Gasteiger partial charge in [0.05, 0.1) is 17.4 Å². The third-order valence-electron chi connectivity index (χ3n) is 7.91. The quantitative estimate of drug-likeness (QED) is 0.201. The Hall–Kier alpha value is -4.44. The van der Waals surface area contributed by atoms with Crippen molar-refractivity contribution in [3.63, 3.8) is 0 Å². The molecule has 1 unspecified atom stereocenters. The highest BCUT2D eigenvalue weighted by atomic mass is 16.3. The molecule has 4 aromatic carbocycles. The summed E-state index contributed by atoms with van der Waals surface area (Å²) in [5, 5.41) is 7.19. The first-order chi connectivity index (χ1) is 20.1. The Kier molecular flexibility index (Phi) is 7.32. The van der Waals surface area contributed by atoms with E-state index in [1.165, 1.54) is 16.7 Å². The molecule has 0 amide bonds. The molecule has 0 saturated heterocycles. The lowest BCUT2D eigenvalue weighted by Crippen LogP contribution is -2.24. The standard InChI is InChI=1S/C38H39N3O/c1-37(2,3)26-38(4,5)30-19-23-35-33(24-30)39-36(42-35)29-17-21-32(22-18-29)41-34(28-14-10-7-11-15-28)25-31(40-41)20-16-27-12-8-6-9-13-27/h6-24,34H,25-26H2,1-5H3. The number of fused-ring (bicyclic) bond motifs is 1. The number of anilines is 1. The average Bonchev–Trinajstić information content (AvgIpc) is 3.60. The van der Waals surface area contributed by atoms with Crippen LogP contribution in [0.15, 0.2) is 119 Å². The molecule has 4 nitrogen and oxygen atoms in total. The molecule has 42 heavy (non-hydrogen) atoms. The minimum atomic E-state index is 0.0495. The van der Waals surface area contributed by atoms with Gasteiger partial charge in [0.15, 0.2) is 5.58 Å². The highest BCUT2D eigenvalue weighted by Gasteiger charge is 2.29. The molecule has 0 bridgehead atoms. The van der Waals surface area contributed by atoms with Crippen molar-refractivity contribution in [2.24, 2.45) is 10.5 Å². The number of hydrazone groups is 1. The van der Waals surface area contributed by atoms with Gasteiger partial charge in [0.2, 0.25) is 5.89 Å². The minimum absolute atomic E-state index is 0.0495.